The smallest absolute Gasteiger partial charge is 0.341 e. The normalized spacial score (nSPS) is 10.6. The van der Waals surface area contributed by atoms with Gasteiger partial charge in [-0.3, -0.25) is 4.79 Å². The Kier molecular flexibility index (Phi) is 6.33. The van der Waals surface area contributed by atoms with Crippen molar-refractivity contribution in [2.24, 2.45) is 5.10 Å². The van der Waals surface area contributed by atoms with Crippen LogP contribution in [-0.4, -0.2) is 36.9 Å². The second-order valence-corrected chi connectivity index (χ2v) is 6.19. The van der Waals surface area contributed by atoms with E-state index in [9.17, 15) is 9.59 Å². The molecule has 1 heterocycles. The summed E-state index contributed by atoms with van der Waals surface area (Å²) in [6, 6.07) is 6.66. The van der Waals surface area contributed by atoms with Gasteiger partial charge in [0.05, 0.1) is 18.2 Å². The van der Waals surface area contributed by atoms with E-state index in [0.29, 0.717) is 20.7 Å². The molecule has 2 aromatic rings. The van der Waals surface area contributed by atoms with E-state index in [-0.39, 0.29) is 11.7 Å². The summed E-state index contributed by atoms with van der Waals surface area (Å²) in [6.45, 7) is -0.479. The maximum atomic E-state index is 11.8. The van der Waals surface area contributed by atoms with Gasteiger partial charge in [-0.2, -0.15) is 5.10 Å². The molecule has 0 aliphatic heterocycles. The van der Waals surface area contributed by atoms with Crippen molar-refractivity contribution in [3.8, 4) is 11.5 Å². The number of benzene rings is 1. The number of nitrogens with zero attached hydrogens (tertiary/aromatic N) is 1. The van der Waals surface area contributed by atoms with E-state index in [4.69, 9.17) is 14.6 Å². The van der Waals surface area contributed by atoms with Crippen LogP contribution in [0.2, 0.25) is 0 Å². The monoisotopic (exact) mass is 412 g/mol. The van der Waals surface area contributed by atoms with Gasteiger partial charge in [0.15, 0.2) is 18.1 Å². The van der Waals surface area contributed by atoms with Gasteiger partial charge in [0.1, 0.15) is 0 Å². The lowest BCUT2D eigenvalue weighted by Crippen LogP contribution is -2.16. The molecule has 9 heteroatoms. The molecule has 0 aliphatic rings. The van der Waals surface area contributed by atoms with Crippen molar-refractivity contribution in [1.82, 2.24) is 5.43 Å². The van der Waals surface area contributed by atoms with Gasteiger partial charge >= 0.3 is 5.97 Å². The summed E-state index contributed by atoms with van der Waals surface area (Å²) in [5.41, 5.74) is 3.05. The number of aliphatic carboxylic acids is 1. The fraction of sp³-hybridized carbons (Fsp3) is 0.133. The maximum Gasteiger partial charge on any atom is 0.341 e. The van der Waals surface area contributed by atoms with Gasteiger partial charge in [-0.25, -0.2) is 10.2 Å². The first-order chi connectivity index (χ1) is 11.5. The summed E-state index contributed by atoms with van der Waals surface area (Å²) in [7, 11) is 1.44. The van der Waals surface area contributed by atoms with Gasteiger partial charge in [0.2, 0.25) is 0 Å². The molecule has 126 valence electrons. The van der Waals surface area contributed by atoms with Crippen LogP contribution in [-0.2, 0) is 4.79 Å². The van der Waals surface area contributed by atoms with Crippen molar-refractivity contribution in [3.63, 3.8) is 0 Å². The number of amides is 1. The van der Waals surface area contributed by atoms with Gasteiger partial charge < -0.3 is 14.6 Å². The number of thiophene rings is 1. The van der Waals surface area contributed by atoms with Crippen LogP contribution >= 0.6 is 27.3 Å². The number of hydrogen-bond acceptors (Lipinski definition) is 6. The zero-order valence-corrected chi connectivity index (χ0v) is 14.9. The summed E-state index contributed by atoms with van der Waals surface area (Å²) >= 11 is 4.66. The third kappa shape index (κ3) is 4.80. The Labute approximate surface area is 150 Å². The molecule has 24 heavy (non-hydrogen) atoms. The fourth-order valence-electron chi connectivity index (χ4n) is 1.68. The third-order valence-electron chi connectivity index (χ3n) is 2.75. The highest BCUT2D eigenvalue weighted by Gasteiger charge is 2.11. The summed E-state index contributed by atoms with van der Waals surface area (Å²) in [5, 5.41) is 14.4. The number of hydrazone groups is 1. The predicted octanol–water partition coefficient (Wildman–Crippen LogP) is 2.75. The van der Waals surface area contributed by atoms with Crippen LogP contribution in [0.3, 0.4) is 0 Å². The first-order valence-electron chi connectivity index (χ1n) is 6.60. The van der Waals surface area contributed by atoms with E-state index in [1.807, 2.05) is 0 Å². The topological polar surface area (TPSA) is 97.2 Å². The van der Waals surface area contributed by atoms with Crippen LogP contribution in [0.25, 0.3) is 0 Å². The van der Waals surface area contributed by atoms with E-state index in [1.54, 1.807) is 29.6 Å². The highest BCUT2D eigenvalue weighted by Crippen LogP contribution is 2.32. The first kappa shape index (κ1) is 18.0. The molecule has 1 aromatic heterocycles. The van der Waals surface area contributed by atoms with Crippen LogP contribution in [0.1, 0.15) is 15.2 Å². The van der Waals surface area contributed by atoms with Crippen molar-refractivity contribution in [2.45, 2.75) is 0 Å². The largest absolute Gasteiger partial charge is 0.493 e. The molecule has 7 nitrogen and oxygen atoms in total. The van der Waals surface area contributed by atoms with Crippen molar-refractivity contribution in [1.29, 1.82) is 0 Å². The molecule has 0 saturated heterocycles. The lowest BCUT2D eigenvalue weighted by Gasteiger charge is -2.11. The van der Waals surface area contributed by atoms with Crippen LogP contribution in [0.15, 0.2) is 39.2 Å². The Hall–Kier alpha value is -2.39. The molecule has 2 rings (SSSR count). The van der Waals surface area contributed by atoms with Crippen LogP contribution in [0.5, 0.6) is 11.5 Å². The number of carbonyl (C=O) groups is 2. The summed E-state index contributed by atoms with van der Waals surface area (Å²) in [4.78, 5) is 22.9. The Bertz CT molecular complexity index is 761. The number of ether oxygens (including phenoxy) is 2. The van der Waals surface area contributed by atoms with Crippen LogP contribution < -0.4 is 14.9 Å². The van der Waals surface area contributed by atoms with Crippen LogP contribution in [0.4, 0.5) is 0 Å². The molecular weight excluding hydrogens is 400 g/mol. The SMILES string of the molecule is COc1cc(/C=N/NC(=O)c2cccs2)c(Br)cc1OCC(=O)O. The average molecular weight is 413 g/mol. The van der Waals surface area contributed by atoms with E-state index < -0.39 is 12.6 Å². The molecule has 0 spiro atoms. The summed E-state index contributed by atoms with van der Waals surface area (Å²) in [5.74, 6) is -0.752. The van der Waals surface area contributed by atoms with Crippen LogP contribution in [0, 0.1) is 0 Å². The molecule has 2 N–H and O–H groups in total. The molecule has 0 saturated carbocycles. The molecule has 1 amide bonds. The average Bonchev–Trinajstić information content (AvgIpc) is 3.08. The van der Waals surface area contributed by atoms with Crippen molar-refractivity contribution in [2.75, 3.05) is 13.7 Å². The first-order valence-corrected chi connectivity index (χ1v) is 8.27. The number of carboxylic acid groups (broad SMARTS) is 1. The minimum absolute atomic E-state index is 0.284. The zero-order chi connectivity index (χ0) is 17.5. The lowest BCUT2D eigenvalue weighted by atomic mass is 10.2. The van der Waals surface area contributed by atoms with E-state index in [2.05, 4.69) is 26.5 Å². The van der Waals surface area contributed by atoms with Gasteiger partial charge in [-0.05, 0) is 39.5 Å². The van der Waals surface area contributed by atoms with Crippen molar-refractivity contribution >= 4 is 45.4 Å². The molecule has 0 radical (unpaired) electrons. The summed E-state index contributed by atoms with van der Waals surface area (Å²) in [6.07, 6.45) is 1.44. The van der Waals surface area contributed by atoms with E-state index in [0.717, 1.165) is 0 Å². The molecule has 0 aliphatic carbocycles. The Balaban J connectivity index is 2.11. The van der Waals surface area contributed by atoms with Gasteiger partial charge in [0.25, 0.3) is 5.91 Å². The highest BCUT2D eigenvalue weighted by molar-refractivity contribution is 9.10. The highest BCUT2D eigenvalue weighted by atomic mass is 79.9. The molecule has 0 atom stereocenters. The number of carbonyl (C=O) groups excluding carboxylic acids is 1. The molecule has 0 fully saturated rings. The second-order valence-electron chi connectivity index (χ2n) is 4.38. The predicted molar refractivity (Wildman–Crippen MR) is 93.2 cm³/mol. The number of methoxy groups -OCH3 is 1. The zero-order valence-electron chi connectivity index (χ0n) is 12.5. The Morgan fingerprint density at radius 2 is 2.21 bits per heavy atom. The minimum atomic E-state index is -1.09. The van der Waals surface area contributed by atoms with Gasteiger partial charge in [-0.1, -0.05) is 6.07 Å². The molecular formula is C15H13BrN2O5S. The maximum absolute atomic E-state index is 11.8. The minimum Gasteiger partial charge on any atom is -0.493 e. The fourth-order valence-corrected chi connectivity index (χ4v) is 2.72. The number of rotatable bonds is 7. The quantitative estimate of drug-likeness (QED) is 0.538. The van der Waals surface area contributed by atoms with E-state index >= 15 is 0 Å². The van der Waals surface area contributed by atoms with Crippen molar-refractivity contribution in [3.05, 3.63) is 44.6 Å². The number of nitrogens with one attached hydrogen (secondary N) is 1. The lowest BCUT2D eigenvalue weighted by molar-refractivity contribution is -0.139. The second kappa shape index (κ2) is 8.46. The number of hydrogen-bond donors (Lipinski definition) is 2. The van der Waals surface area contributed by atoms with Gasteiger partial charge in [0, 0.05) is 10.0 Å². The van der Waals surface area contributed by atoms with Crippen molar-refractivity contribution < 1.29 is 24.2 Å². The summed E-state index contributed by atoms with van der Waals surface area (Å²) < 4.78 is 10.9. The third-order valence-corrected chi connectivity index (χ3v) is 4.30. The standard InChI is InChI=1S/C15H13BrN2O5S/c1-22-11-5-9(10(16)6-12(11)23-8-14(19)20)7-17-18-15(21)13-3-2-4-24-13/h2-7H,8H2,1H3,(H,18,21)(H,19,20)/b17-7+. The molecule has 0 bridgehead atoms. The Morgan fingerprint density at radius 1 is 1.42 bits per heavy atom. The van der Waals surface area contributed by atoms with E-state index in [1.165, 1.54) is 24.7 Å². The molecule has 0 unspecified atom stereocenters. The molecule has 1 aromatic carbocycles. The Morgan fingerprint density at radius 3 is 2.83 bits per heavy atom. The van der Waals surface area contributed by atoms with Gasteiger partial charge in [-0.15, -0.1) is 11.3 Å². The number of halogens is 1. The number of carboxylic acids is 1.